The molecule has 0 spiro atoms. The number of hydrogen-bond donors (Lipinski definition) is 1. The molecule has 2 rings (SSSR count). The van der Waals surface area contributed by atoms with E-state index < -0.39 is 10.9 Å². The third-order valence-corrected chi connectivity index (χ3v) is 3.37. The summed E-state index contributed by atoms with van der Waals surface area (Å²) in [7, 11) is 2.02. The zero-order valence-corrected chi connectivity index (χ0v) is 11.8. The number of pyridine rings is 1. The van der Waals surface area contributed by atoms with E-state index >= 15 is 0 Å². The first-order valence-electron chi connectivity index (χ1n) is 6.02. The normalized spacial score (nSPS) is 18.6. The molecule has 1 unspecified atom stereocenters. The fraction of sp³-hybridized carbons (Fsp3) is 0.500. The lowest BCUT2D eigenvalue weighted by molar-refractivity contribution is -0.385. The average Bonchev–Trinajstić information content (AvgIpc) is 2.74. The van der Waals surface area contributed by atoms with Gasteiger partial charge in [0.1, 0.15) is 6.20 Å². The van der Waals surface area contributed by atoms with Crippen LogP contribution in [-0.4, -0.2) is 46.0 Å². The predicted octanol–water partition coefficient (Wildman–Crippen LogP) is 1.60. The first kappa shape index (κ1) is 16.3. The lowest BCUT2D eigenvalue weighted by atomic mass is 9.99. The van der Waals surface area contributed by atoms with E-state index in [1.54, 1.807) is 0 Å². The number of aromatic nitrogens is 1. The Bertz CT molecular complexity index is 523. The van der Waals surface area contributed by atoms with Crippen LogP contribution in [0.1, 0.15) is 22.5 Å². The third kappa shape index (κ3) is 3.64. The molecule has 1 aromatic rings. The Morgan fingerprint density at radius 3 is 2.85 bits per heavy atom. The lowest BCUT2D eigenvalue weighted by Crippen LogP contribution is -2.16. The molecule has 110 valence electrons. The van der Waals surface area contributed by atoms with Gasteiger partial charge < -0.3 is 10.0 Å². The van der Waals surface area contributed by atoms with Crippen LogP contribution < -0.4 is 0 Å². The number of carboxylic acids is 1. The first-order valence-corrected chi connectivity index (χ1v) is 6.02. The second kappa shape index (κ2) is 6.62. The van der Waals surface area contributed by atoms with Gasteiger partial charge in [0, 0.05) is 12.6 Å². The summed E-state index contributed by atoms with van der Waals surface area (Å²) in [6, 6.07) is 1.09. The summed E-state index contributed by atoms with van der Waals surface area (Å²) in [4.78, 5) is 27.3. The summed E-state index contributed by atoms with van der Waals surface area (Å²) in [6.45, 7) is 1.89. The number of carbonyl (C=O) groups is 1. The van der Waals surface area contributed by atoms with Gasteiger partial charge in [-0.2, -0.15) is 0 Å². The Labute approximate surface area is 122 Å². The molecule has 0 radical (unpaired) electrons. The standard InChI is InChI=1S/C12H15N3O4.ClH/c1-14-3-2-8(7-14)4-11-10(12(16)17)5-9(6-13-11)15(18)19;/h5-6,8H,2-4,7H2,1H3,(H,16,17);1H. The highest BCUT2D eigenvalue weighted by molar-refractivity contribution is 5.89. The van der Waals surface area contributed by atoms with Crippen molar-refractivity contribution < 1.29 is 14.8 Å². The van der Waals surface area contributed by atoms with E-state index in [4.69, 9.17) is 5.11 Å². The maximum Gasteiger partial charge on any atom is 0.337 e. The van der Waals surface area contributed by atoms with Gasteiger partial charge in [-0.3, -0.25) is 15.1 Å². The molecule has 7 nitrogen and oxygen atoms in total. The molecular weight excluding hydrogens is 286 g/mol. The van der Waals surface area contributed by atoms with Crippen molar-refractivity contribution in [1.29, 1.82) is 0 Å². The van der Waals surface area contributed by atoms with E-state index in [2.05, 4.69) is 9.88 Å². The van der Waals surface area contributed by atoms with Crippen LogP contribution in [0.4, 0.5) is 5.69 Å². The Hall–Kier alpha value is -1.73. The van der Waals surface area contributed by atoms with Crippen LogP contribution in [0.5, 0.6) is 0 Å². The van der Waals surface area contributed by atoms with Gasteiger partial charge in [-0.15, -0.1) is 12.4 Å². The molecule has 0 saturated carbocycles. The Balaban J connectivity index is 0.00000200. The molecule has 1 fully saturated rings. The molecule has 1 aromatic heterocycles. The molecule has 0 aliphatic carbocycles. The molecule has 8 heteroatoms. The van der Waals surface area contributed by atoms with Crippen molar-refractivity contribution in [3.8, 4) is 0 Å². The molecule has 2 heterocycles. The molecule has 1 N–H and O–H groups in total. The number of nitro groups is 1. The van der Waals surface area contributed by atoms with Gasteiger partial charge in [0.15, 0.2) is 0 Å². The van der Waals surface area contributed by atoms with Crippen molar-refractivity contribution in [3.63, 3.8) is 0 Å². The predicted molar refractivity (Wildman–Crippen MR) is 74.4 cm³/mol. The fourth-order valence-corrected chi connectivity index (χ4v) is 2.40. The van der Waals surface area contributed by atoms with Crippen LogP contribution in [0.3, 0.4) is 0 Å². The summed E-state index contributed by atoms with van der Waals surface area (Å²) in [5.74, 6) is -0.811. The van der Waals surface area contributed by atoms with E-state index in [0.717, 1.165) is 31.8 Å². The summed E-state index contributed by atoms with van der Waals surface area (Å²) in [5, 5.41) is 19.8. The number of halogens is 1. The molecule has 20 heavy (non-hydrogen) atoms. The van der Waals surface area contributed by atoms with Gasteiger partial charge in [0.25, 0.3) is 5.69 Å². The molecule has 1 saturated heterocycles. The minimum absolute atomic E-state index is 0. The molecule has 0 amide bonds. The van der Waals surface area contributed by atoms with Gasteiger partial charge >= 0.3 is 5.97 Å². The molecule has 1 aliphatic heterocycles. The van der Waals surface area contributed by atoms with E-state index in [1.807, 2.05) is 7.05 Å². The van der Waals surface area contributed by atoms with Crippen LogP contribution >= 0.6 is 12.4 Å². The second-order valence-corrected chi connectivity index (χ2v) is 4.87. The number of rotatable bonds is 4. The second-order valence-electron chi connectivity index (χ2n) is 4.87. The van der Waals surface area contributed by atoms with Crippen LogP contribution in [0.25, 0.3) is 0 Å². The number of hydrogen-bond acceptors (Lipinski definition) is 5. The summed E-state index contributed by atoms with van der Waals surface area (Å²) < 4.78 is 0. The first-order chi connectivity index (χ1) is 8.97. The third-order valence-electron chi connectivity index (χ3n) is 3.37. The maximum absolute atomic E-state index is 11.2. The molecule has 0 bridgehead atoms. The van der Waals surface area contributed by atoms with Crippen molar-refractivity contribution in [2.24, 2.45) is 5.92 Å². The molecule has 1 aliphatic rings. The molecule has 1 atom stereocenters. The van der Waals surface area contributed by atoms with Crippen molar-refractivity contribution in [1.82, 2.24) is 9.88 Å². The van der Waals surface area contributed by atoms with Gasteiger partial charge in [-0.1, -0.05) is 0 Å². The summed E-state index contributed by atoms with van der Waals surface area (Å²) in [6.07, 6.45) is 2.67. The zero-order chi connectivity index (χ0) is 14.0. The topological polar surface area (TPSA) is 96.6 Å². The van der Waals surface area contributed by atoms with Crippen molar-refractivity contribution in [2.75, 3.05) is 20.1 Å². The minimum Gasteiger partial charge on any atom is -0.478 e. The lowest BCUT2D eigenvalue weighted by Gasteiger charge is -2.11. The van der Waals surface area contributed by atoms with Crippen molar-refractivity contribution in [2.45, 2.75) is 12.8 Å². The average molecular weight is 302 g/mol. The van der Waals surface area contributed by atoms with Crippen LogP contribution in [0, 0.1) is 16.0 Å². The quantitative estimate of drug-likeness (QED) is 0.670. The fourth-order valence-electron chi connectivity index (χ4n) is 2.40. The van der Waals surface area contributed by atoms with Gasteiger partial charge in [-0.25, -0.2) is 4.79 Å². The van der Waals surface area contributed by atoms with Crippen molar-refractivity contribution in [3.05, 3.63) is 33.6 Å². The van der Waals surface area contributed by atoms with E-state index in [-0.39, 0.29) is 23.7 Å². The van der Waals surface area contributed by atoms with Crippen LogP contribution in [0.2, 0.25) is 0 Å². The van der Waals surface area contributed by atoms with E-state index in [1.165, 1.54) is 0 Å². The highest BCUT2D eigenvalue weighted by Gasteiger charge is 2.24. The van der Waals surface area contributed by atoms with Crippen LogP contribution in [0.15, 0.2) is 12.3 Å². The number of carboxylic acid groups (broad SMARTS) is 1. The van der Waals surface area contributed by atoms with E-state index in [9.17, 15) is 14.9 Å². The van der Waals surface area contributed by atoms with Crippen LogP contribution in [-0.2, 0) is 6.42 Å². The number of aromatic carboxylic acids is 1. The smallest absolute Gasteiger partial charge is 0.337 e. The Morgan fingerprint density at radius 2 is 2.35 bits per heavy atom. The Kier molecular flexibility index (Phi) is 5.41. The number of nitrogens with zero attached hydrogens (tertiary/aromatic N) is 3. The molecule has 0 aromatic carbocycles. The van der Waals surface area contributed by atoms with Gasteiger partial charge in [-0.05, 0) is 32.4 Å². The number of likely N-dealkylation sites (tertiary alicyclic amines) is 1. The largest absolute Gasteiger partial charge is 0.478 e. The SMILES string of the molecule is CN1CCC(Cc2ncc([N+](=O)[O-])cc2C(=O)O)C1.Cl. The maximum atomic E-state index is 11.2. The van der Waals surface area contributed by atoms with Crippen molar-refractivity contribution >= 4 is 24.1 Å². The highest BCUT2D eigenvalue weighted by Crippen LogP contribution is 2.22. The summed E-state index contributed by atoms with van der Waals surface area (Å²) >= 11 is 0. The minimum atomic E-state index is -1.17. The van der Waals surface area contributed by atoms with Gasteiger partial charge in [0.2, 0.25) is 0 Å². The molecular formula is C12H16ClN3O4. The monoisotopic (exact) mass is 301 g/mol. The summed E-state index contributed by atoms with van der Waals surface area (Å²) in [5.41, 5.74) is 0.0758. The van der Waals surface area contributed by atoms with Gasteiger partial charge in [0.05, 0.1) is 16.2 Å². The Morgan fingerprint density at radius 1 is 1.65 bits per heavy atom. The van der Waals surface area contributed by atoms with E-state index in [0.29, 0.717) is 18.0 Å². The highest BCUT2D eigenvalue weighted by atomic mass is 35.5. The zero-order valence-electron chi connectivity index (χ0n) is 11.0.